The summed E-state index contributed by atoms with van der Waals surface area (Å²) in [5.74, 6) is 3.09. The fraction of sp³-hybridized carbons (Fsp3) is 0.324. The molecule has 0 radical (unpaired) electrons. The van der Waals surface area contributed by atoms with Crippen molar-refractivity contribution in [1.82, 2.24) is 0 Å². The fourth-order valence-electron chi connectivity index (χ4n) is 7.02. The molecule has 0 atom stereocenters. The van der Waals surface area contributed by atoms with Crippen molar-refractivity contribution >= 4 is 32.3 Å². The maximum absolute atomic E-state index is 6.98. The number of nitrogens with zero attached hydrogens (tertiary/aromatic N) is 1. The monoisotopic (exact) mass is 472 g/mol. The van der Waals surface area contributed by atoms with E-state index in [-0.39, 0.29) is 0 Å². The van der Waals surface area contributed by atoms with Crippen molar-refractivity contribution in [1.29, 1.82) is 0 Å². The highest BCUT2D eigenvalue weighted by molar-refractivity contribution is 6.16. The molecule has 7 rings (SSSR count). The third-order valence-corrected chi connectivity index (χ3v) is 8.79. The average Bonchev–Trinajstić information content (AvgIpc) is 3.40. The molecule has 0 spiro atoms. The molecule has 1 fully saturated rings. The van der Waals surface area contributed by atoms with E-state index in [2.05, 4.69) is 94.0 Å². The first-order chi connectivity index (χ1) is 17.4. The zero-order valence-electron chi connectivity index (χ0n) is 22.0. The van der Waals surface area contributed by atoms with E-state index < -0.39 is 0 Å². The molecule has 1 aromatic heterocycles. The van der Waals surface area contributed by atoms with Gasteiger partial charge in [-0.3, -0.25) is 0 Å². The van der Waals surface area contributed by atoms with Crippen LogP contribution < -0.4 is 9.30 Å². The van der Waals surface area contributed by atoms with Crippen LogP contribution in [0.25, 0.3) is 43.6 Å². The molecule has 36 heavy (non-hydrogen) atoms. The van der Waals surface area contributed by atoms with E-state index in [1.165, 1.54) is 91.5 Å². The summed E-state index contributed by atoms with van der Waals surface area (Å²) in [5.41, 5.74) is 7.92. The van der Waals surface area contributed by atoms with Gasteiger partial charge < -0.3 is 4.74 Å². The number of hydrogen-bond donors (Lipinski definition) is 0. The van der Waals surface area contributed by atoms with Crippen molar-refractivity contribution in [3.05, 3.63) is 77.0 Å². The quantitative estimate of drug-likeness (QED) is 0.181. The minimum Gasteiger partial charge on any atom is -0.455 e. The largest absolute Gasteiger partial charge is 0.455 e. The van der Waals surface area contributed by atoms with E-state index in [0.717, 1.165) is 11.5 Å². The summed E-state index contributed by atoms with van der Waals surface area (Å²) in [6.45, 7) is 9.04. The van der Waals surface area contributed by atoms with Crippen LogP contribution in [0.2, 0.25) is 0 Å². The Morgan fingerprint density at radius 2 is 1.64 bits per heavy atom. The normalized spacial score (nSPS) is 15.3. The molecule has 2 heteroatoms. The van der Waals surface area contributed by atoms with Crippen molar-refractivity contribution < 1.29 is 9.30 Å². The lowest BCUT2D eigenvalue weighted by Gasteiger charge is -2.27. The van der Waals surface area contributed by atoms with Gasteiger partial charge in [0.1, 0.15) is 18.5 Å². The lowest BCUT2D eigenvalue weighted by atomic mass is 9.84. The molecule has 180 valence electrons. The second kappa shape index (κ2) is 7.80. The molecule has 4 aromatic carbocycles. The molecule has 2 heterocycles. The Kier molecular flexibility index (Phi) is 4.74. The summed E-state index contributed by atoms with van der Waals surface area (Å²) in [5, 5.41) is 7.79. The molecular weight excluding hydrogens is 438 g/mol. The van der Waals surface area contributed by atoms with E-state index in [9.17, 15) is 0 Å². The second-order valence-corrected chi connectivity index (χ2v) is 11.4. The molecule has 1 aliphatic carbocycles. The van der Waals surface area contributed by atoms with Crippen LogP contribution in [0.4, 0.5) is 0 Å². The number of pyridine rings is 1. The Bertz CT molecular complexity index is 1720. The molecule has 1 saturated carbocycles. The van der Waals surface area contributed by atoms with Gasteiger partial charge >= 0.3 is 0 Å². The molecule has 2 nitrogen and oxygen atoms in total. The second-order valence-electron chi connectivity index (χ2n) is 11.4. The van der Waals surface area contributed by atoms with Crippen LogP contribution >= 0.6 is 0 Å². The first-order valence-electron chi connectivity index (χ1n) is 13.6. The van der Waals surface area contributed by atoms with Gasteiger partial charge in [-0.1, -0.05) is 68.7 Å². The maximum Gasteiger partial charge on any atom is 0.228 e. The third kappa shape index (κ3) is 3.00. The van der Waals surface area contributed by atoms with E-state index in [4.69, 9.17) is 4.74 Å². The van der Waals surface area contributed by atoms with Gasteiger partial charge in [-0.15, -0.1) is 0 Å². The van der Waals surface area contributed by atoms with Crippen molar-refractivity contribution in [2.75, 3.05) is 0 Å². The van der Waals surface area contributed by atoms with Crippen LogP contribution in [0.5, 0.6) is 11.5 Å². The van der Waals surface area contributed by atoms with Gasteiger partial charge in [0.15, 0.2) is 6.20 Å². The van der Waals surface area contributed by atoms with Crippen LogP contribution in [0.15, 0.2) is 54.7 Å². The van der Waals surface area contributed by atoms with Crippen molar-refractivity contribution in [3.8, 4) is 22.8 Å². The van der Waals surface area contributed by atoms with E-state index in [0.29, 0.717) is 11.8 Å². The Balaban J connectivity index is 1.59. The van der Waals surface area contributed by atoms with Crippen molar-refractivity contribution in [3.63, 3.8) is 0 Å². The van der Waals surface area contributed by atoms with Crippen molar-refractivity contribution in [2.45, 2.75) is 65.2 Å². The Morgan fingerprint density at radius 1 is 0.861 bits per heavy atom. The summed E-state index contributed by atoms with van der Waals surface area (Å²) in [4.78, 5) is 0. The van der Waals surface area contributed by atoms with E-state index in [1.807, 2.05) is 0 Å². The highest BCUT2D eigenvalue weighted by Crippen LogP contribution is 2.53. The highest BCUT2D eigenvalue weighted by atomic mass is 16.5. The van der Waals surface area contributed by atoms with Gasteiger partial charge in [0.2, 0.25) is 5.69 Å². The van der Waals surface area contributed by atoms with Gasteiger partial charge in [0.25, 0.3) is 0 Å². The Labute approximate surface area is 213 Å². The summed E-state index contributed by atoms with van der Waals surface area (Å²) >= 11 is 0. The molecule has 0 N–H and O–H groups in total. The number of rotatable bonds is 2. The van der Waals surface area contributed by atoms with Crippen LogP contribution in [-0.4, -0.2) is 0 Å². The van der Waals surface area contributed by atoms with Crippen LogP contribution in [0, 0.1) is 13.8 Å². The minimum absolute atomic E-state index is 0.352. The number of hydrogen-bond acceptors (Lipinski definition) is 1. The third-order valence-electron chi connectivity index (χ3n) is 8.79. The van der Waals surface area contributed by atoms with Gasteiger partial charge in [-0.2, -0.15) is 0 Å². The van der Waals surface area contributed by atoms with Gasteiger partial charge in [-0.25, -0.2) is 4.57 Å². The summed E-state index contributed by atoms with van der Waals surface area (Å²) in [7, 11) is 2.18. The summed E-state index contributed by atoms with van der Waals surface area (Å²) in [6.07, 6.45) is 7.58. The molecule has 0 amide bonds. The smallest absolute Gasteiger partial charge is 0.228 e. The minimum atomic E-state index is 0.352. The number of benzene rings is 4. The molecular formula is C34H34NO+. The van der Waals surface area contributed by atoms with E-state index in [1.54, 1.807) is 0 Å². The molecule has 2 aliphatic rings. The fourth-order valence-corrected chi connectivity index (χ4v) is 7.02. The zero-order valence-corrected chi connectivity index (χ0v) is 22.0. The predicted molar refractivity (Wildman–Crippen MR) is 150 cm³/mol. The SMILES string of the molecule is Cc1ccc2c(C(C)C)c3c(c(C)c2c1)-c1c2c(cc4cc(C5CCCC5)ccc4c2cc[n+]1C)O3. The lowest BCUT2D eigenvalue weighted by molar-refractivity contribution is -0.659. The van der Waals surface area contributed by atoms with Gasteiger partial charge in [0.05, 0.1) is 10.9 Å². The van der Waals surface area contributed by atoms with Crippen LogP contribution in [-0.2, 0) is 7.05 Å². The summed E-state index contributed by atoms with van der Waals surface area (Å²) < 4.78 is 9.27. The van der Waals surface area contributed by atoms with Gasteiger partial charge in [-0.05, 0) is 77.3 Å². The Morgan fingerprint density at radius 3 is 2.42 bits per heavy atom. The number of aromatic nitrogens is 1. The zero-order chi connectivity index (χ0) is 24.7. The molecule has 0 unspecified atom stereocenters. The molecule has 1 aliphatic heterocycles. The highest BCUT2D eigenvalue weighted by Gasteiger charge is 2.34. The summed E-state index contributed by atoms with van der Waals surface area (Å²) in [6, 6.07) is 18.6. The van der Waals surface area contributed by atoms with E-state index >= 15 is 0 Å². The number of ether oxygens (including phenoxy) is 1. The number of aryl methyl sites for hydroxylation is 3. The molecule has 0 saturated heterocycles. The van der Waals surface area contributed by atoms with Crippen LogP contribution in [0.1, 0.15) is 73.6 Å². The lowest BCUT2D eigenvalue weighted by Crippen LogP contribution is -2.32. The molecule has 5 aromatic rings. The predicted octanol–water partition coefficient (Wildman–Crippen LogP) is 9.14. The van der Waals surface area contributed by atoms with Gasteiger partial charge in [0, 0.05) is 17.0 Å². The average molecular weight is 473 g/mol. The first-order valence-corrected chi connectivity index (χ1v) is 13.6. The van der Waals surface area contributed by atoms with Crippen LogP contribution in [0.3, 0.4) is 0 Å². The topological polar surface area (TPSA) is 13.1 Å². The van der Waals surface area contributed by atoms with Crippen molar-refractivity contribution in [2.24, 2.45) is 7.05 Å². The number of fused-ring (bicyclic) bond motifs is 5. The molecule has 0 bridgehead atoms. The standard InChI is InChI=1S/C34H34NO/c1-19(2)30-26-12-10-20(3)16-28(26)21(4)31-33-32-27(14-15-35(33)5)25-13-11-23(22-8-6-7-9-22)17-24(25)18-29(32)36-34(30)31/h10-19,22H,6-9H2,1-5H3/q+1. The first kappa shape index (κ1) is 21.9. The Hall–Kier alpha value is -3.39. The maximum atomic E-state index is 6.98.